The molecule has 0 bridgehead atoms. The minimum atomic E-state index is -3.59. The van der Waals surface area contributed by atoms with E-state index in [9.17, 15) is 9.59 Å². The summed E-state index contributed by atoms with van der Waals surface area (Å²) in [6.07, 6.45) is 0. The molecule has 66 valence electrons. The molecular formula is C4H6Cl2O4Te. The third-order valence-electron chi connectivity index (χ3n) is 0.669. The van der Waals surface area contributed by atoms with Crippen LogP contribution in [-0.4, -0.2) is 38.1 Å². The molecule has 0 aromatic rings. The van der Waals surface area contributed by atoms with Crippen LogP contribution in [0.1, 0.15) is 0 Å². The molecule has 0 aromatic carbocycles. The Hall–Kier alpha value is 0.310. The third kappa shape index (κ3) is 6.70. The number of carboxylic acid groups (broad SMARTS) is 2. The molecule has 0 fully saturated rings. The van der Waals surface area contributed by atoms with E-state index in [0.29, 0.717) is 0 Å². The van der Waals surface area contributed by atoms with Crippen LogP contribution >= 0.6 is 17.9 Å². The maximum atomic E-state index is 10.1. The minimum absolute atomic E-state index is 0.391. The first-order valence-corrected chi connectivity index (χ1v) is 11.6. The molecule has 0 aliphatic heterocycles. The summed E-state index contributed by atoms with van der Waals surface area (Å²) >= 11 is -3.59. The zero-order chi connectivity index (χ0) is 9.07. The van der Waals surface area contributed by atoms with Gasteiger partial charge in [-0.15, -0.1) is 0 Å². The zero-order valence-electron chi connectivity index (χ0n) is 5.29. The molecule has 0 unspecified atom stereocenters. The quantitative estimate of drug-likeness (QED) is 0.761. The van der Waals surface area contributed by atoms with Gasteiger partial charge in [0.05, 0.1) is 0 Å². The van der Waals surface area contributed by atoms with Crippen molar-refractivity contribution in [3.05, 3.63) is 0 Å². The van der Waals surface area contributed by atoms with Crippen molar-refractivity contribution in [3.63, 3.8) is 0 Å². The van der Waals surface area contributed by atoms with Gasteiger partial charge in [-0.05, 0) is 0 Å². The van der Waals surface area contributed by atoms with Crippen LogP contribution in [0.4, 0.5) is 0 Å². The zero-order valence-corrected chi connectivity index (χ0v) is 9.13. The van der Waals surface area contributed by atoms with Crippen molar-refractivity contribution in [1.29, 1.82) is 0 Å². The molecule has 0 saturated carbocycles. The van der Waals surface area contributed by atoms with Crippen molar-refractivity contribution in [2.24, 2.45) is 0 Å². The van der Waals surface area contributed by atoms with Gasteiger partial charge in [0.25, 0.3) is 0 Å². The Morgan fingerprint density at radius 1 is 1.09 bits per heavy atom. The summed E-state index contributed by atoms with van der Waals surface area (Å²) in [6, 6.07) is 0. The fourth-order valence-electron chi connectivity index (χ4n) is 0.412. The average Bonchev–Trinajstić information content (AvgIpc) is 1.53. The van der Waals surface area contributed by atoms with Crippen LogP contribution in [0.5, 0.6) is 0 Å². The van der Waals surface area contributed by atoms with Crippen LogP contribution < -0.4 is 0 Å². The van der Waals surface area contributed by atoms with Crippen LogP contribution in [0.15, 0.2) is 0 Å². The Morgan fingerprint density at radius 3 is 1.55 bits per heavy atom. The number of carbonyl (C=O) groups is 2. The first kappa shape index (κ1) is 11.3. The van der Waals surface area contributed by atoms with Crippen LogP contribution in [-0.2, 0) is 9.59 Å². The predicted octanol–water partition coefficient (Wildman–Crippen LogP) is 1.08. The van der Waals surface area contributed by atoms with E-state index in [1.165, 1.54) is 0 Å². The van der Waals surface area contributed by atoms with Gasteiger partial charge < -0.3 is 0 Å². The van der Waals surface area contributed by atoms with Gasteiger partial charge in [0.1, 0.15) is 0 Å². The molecular weight excluding hydrogens is 311 g/mol. The van der Waals surface area contributed by atoms with Gasteiger partial charge in [-0.3, -0.25) is 0 Å². The molecule has 0 amide bonds. The van der Waals surface area contributed by atoms with Gasteiger partial charge in [-0.1, -0.05) is 0 Å². The van der Waals surface area contributed by atoms with Crippen molar-refractivity contribution in [2.45, 2.75) is 8.94 Å². The Kier molecular flexibility index (Phi) is 4.49. The molecule has 4 nitrogen and oxygen atoms in total. The molecule has 7 heteroatoms. The number of hydrogen-bond donors (Lipinski definition) is 2. The van der Waals surface area contributed by atoms with E-state index in [-0.39, 0.29) is 0 Å². The monoisotopic (exact) mass is 318 g/mol. The molecule has 2 N–H and O–H groups in total. The Balaban J connectivity index is 3.99. The fourth-order valence-corrected chi connectivity index (χ4v) is 5.27. The van der Waals surface area contributed by atoms with Crippen molar-refractivity contribution in [3.8, 4) is 0 Å². The Morgan fingerprint density at radius 2 is 1.36 bits per heavy atom. The molecule has 0 atom stereocenters. The Labute approximate surface area is 74.4 Å². The Bertz CT molecular complexity index is 163. The SMILES string of the molecule is O=C(O)C[Te](Cl)(Cl)CC(=O)O. The predicted molar refractivity (Wildman–Crippen MR) is 42.3 cm³/mol. The summed E-state index contributed by atoms with van der Waals surface area (Å²) in [4.78, 5) is 20.2. The van der Waals surface area contributed by atoms with E-state index in [2.05, 4.69) is 0 Å². The molecule has 0 aliphatic carbocycles. The van der Waals surface area contributed by atoms with Crippen LogP contribution in [0.3, 0.4) is 0 Å². The molecule has 0 spiro atoms. The molecule has 0 heterocycles. The molecule has 0 saturated heterocycles. The van der Waals surface area contributed by atoms with Crippen LogP contribution in [0, 0.1) is 0 Å². The first-order chi connectivity index (χ1) is 4.83. The summed E-state index contributed by atoms with van der Waals surface area (Å²) in [5.74, 6) is -2.28. The van der Waals surface area contributed by atoms with Crippen molar-refractivity contribution in [2.75, 3.05) is 0 Å². The van der Waals surface area contributed by atoms with Gasteiger partial charge in [-0.25, -0.2) is 0 Å². The van der Waals surface area contributed by atoms with Gasteiger partial charge in [0.2, 0.25) is 0 Å². The average molecular weight is 317 g/mol. The fraction of sp³-hybridized carbons (Fsp3) is 0.500. The summed E-state index contributed by atoms with van der Waals surface area (Å²) in [5, 5.41) is 16.5. The third-order valence-corrected chi connectivity index (χ3v) is 7.42. The van der Waals surface area contributed by atoms with Crippen molar-refractivity contribution in [1.82, 2.24) is 0 Å². The van der Waals surface area contributed by atoms with E-state index >= 15 is 0 Å². The summed E-state index contributed by atoms with van der Waals surface area (Å²) < 4.78 is -0.782. The van der Waals surface area contributed by atoms with E-state index in [4.69, 9.17) is 28.1 Å². The summed E-state index contributed by atoms with van der Waals surface area (Å²) in [7, 11) is 11.0. The number of carboxylic acids is 2. The van der Waals surface area contributed by atoms with Gasteiger partial charge in [0.15, 0.2) is 0 Å². The number of aliphatic carboxylic acids is 2. The second kappa shape index (κ2) is 4.36. The second-order valence-corrected chi connectivity index (χ2v) is 16.4. The molecule has 0 aromatic heterocycles. The number of halogens is 2. The molecule has 0 rings (SSSR count). The van der Waals surface area contributed by atoms with Gasteiger partial charge >= 0.3 is 74.5 Å². The standard InChI is InChI=1S/C4H6Cl2O4Te/c5-11(6,1-3(7)8)2-4(9)10/h1-2H2,(H,7,8)(H,9,10). The van der Waals surface area contributed by atoms with Crippen LogP contribution in [0.25, 0.3) is 0 Å². The van der Waals surface area contributed by atoms with Gasteiger partial charge in [-0.2, -0.15) is 0 Å². The molecule has 0 aliphatic rings. The normalized spacial score (nSPS) is 12.5. The van der Waals surface area contributed by atoms with Crippen LogP contribution in [0.2, 0.25) is 8.94 Å². The molecule has 0 radical (unpaired) electrons. The van der Waals surface area contributed by atoms with E-state index in [1.807, 2.05) is 0 Å². The maximum absolute atomic E-state index is 10.1. The van der Waals surface area contributed by atoms with Crippen molar-refractivity contribution < 1.29 is 19.8 Å². The van der Waals surface area contributed by atoms with Gasteiger partial charge in [0, 0.05) is 0 Å². The topological polar surface area (TPSA) is 74.6 Å². The van der Waals surface area contributed by atoms with E-state index < -0.39 is 36.8 Å². The van der Waals surface area contributed by atoms with E-state index in [0.717, 1.165) is 0 Å². The second-order valence-electron chi connectivity index (χ2n) is 1.78. The first-order valence-electron chi connectivity index (χ1n) is 2.45. The van der Waals surface area contributed by atoms with Crippen molar-refractivity contribution >= 4 is 45.8 Å². The molecule has 11 heavy (non-hydrogen) atoms. The van der Waals surface area contributed by atoms with E-state index in [1.54, 1.807) is 0 Å². The number of rotatable bonds is 4. The summed E-state index contributed by atoms with van der Waals surface area (Å²) in [6.45, 7) is 0. The number of hydrogen-bond acceptors (Lipinski definition) is 2. The summed E-state index contributed by atoms with van der Waals surface area (Å²) in [5.41, 5.74) is 0.